The predicted molar refractivity (Wildman–Crippen MR) is 134 cm³/mol. The van der Waals surface area contributed by atoms with Crippen LogP contribution in [0.25, 0.3) is 0 Å². The summed E-state index contributed by atoms with van der Waals surface area (Å²) < 4.78 is 33.3. The van der Waals surface area contributed by atoms with Crippen LogP contribution in [0.5, 0.6) is 5.75 Å². The molecule has 0 saturated carbocycles. The maximum atomic E-state index is 14.1. The second kappa shape index (κ2) is 10.3. The largest absolute Gasteiger partial charge is 0.491 e. The minimum Gasteiger partial charge on any atom is -0.491 e. The van der Waals surface area contributed by atoms with Crippen molar-refractivity contribution in [2.75, 3.05) is 18.1 Å². The van der Waals surface area contributed by atoms with Gasteiger partial charge in [-0.05, 0) is 76.4 Å². The van der Waals surface area contributed by atoms with Crippen LogP contribution in [0.3, 0.4) is 0 Å². The summed E-state index contributed by atoms with van der Waals surface area (Å²) >= 11 is 0. The van der Waals surface area contributed by atoms with Gasteiger partial charge in [0.15, 0.2) is 0 Å². The van der Waals surface area contributed by atoms with E-state index in [2.05, 4.69) is 34.3 Å². The molecule has 1 spiro atoms. The van der Waals surface area contributed by atoms with Crippen LogP contribution in [0.15, 0.2) is 53.5 Å². The molecule has 0 bridgehead atoms. The van der Waals surface area contributed by atoms with E-state index in [0.29, 0.717) is 30.9 Å². The van der Waals surface area contributed by atoms with Gasteiger partial charge in [0.05, 0.1) is 12.1 Å². The fraction of sp³-hybridized carbons (Fsp3) is 0.481. The Morgan fingerprint density at radius 3 is 2.66 bits per heavy atom. The first-order valence-corrected chi connectivity index (χ1v) is 12.2. The van der Waals surface area contributed by atoms with Crippen LogP contribution in [-0.4, -0.2) is 53.7 Å². The lowest BCUT2D eigenvalue weighted by molar-refractivity contribution is 0.122. The molecule has 2 heterocycles. The molecule has 2 amide bonds. The van der Waals surface area contributed by atoms with Crippen molar-refractivity contribution in [3.8, 4) is 5.75 Å². The van der Waals surface area contributed by atoms with Crippen molar-refractivity contribution in [1.29, 1.82) is 0 Å². The van der Waals surface area contributed by atoms with Gasteiger partial charge >= 0.3 is 6.03 Å². The van der Waals surface area contributed by atoms with Gasteiger partial charge in [-0.15, -0.1) is 0 Å². The molecule has 2 aromatic rings. The van der Waals surface area contributed by atoms with Crippen LogP contribution in [0.1, 0.15) is 46.1 Å². The summed E-state index contributed by atoms with van der Waals surface area (Å²) in [6.45, 7) is 8.70. The van der Waals surface area contributed by atoms with E-state index in [0.717, 1.165) is 17.9 Å². The average Bonchev–Trinajstić information content (AvgIpc) is 3.05. The number of ether oxygens (including phenoxy) is 1. The Hall–Kier alpha value is -3.00. The van der Waals surface area contributed by atoms with Crippen molar-refractivity contribution < 1.29 is 18.3 Å². The van der Waals surface area contributed by atoms with E-state index in [-0.39, 0.29) is 12.1 Å². The number of anilines is 1. The number of hydrogen-bond donors (Lipinski definition) is 1. The van der Waals surface area contributed by atoms with E-state index in [1.807, 2.05) is 26.0 Å². The third-order valence-electron chi connectivity index (χ3n) is 6.67. The fourth-order valence-electron chi connectivity index (χ4n) is 5.10. The topological polar surface area (TPSA) is 57.2 Å². The third kappa shape index (κ3) is 5.32. The molecule has 35 heavy (non-hydrogen) atoms. The fourth-order valence-corrected chi connectivity index (χ4v) is 5.10. The Kier molecular flexibility index (Phi) is 7.40. The first-order chi connectivity index (χ1) is 16.7. The highest BCUT2D eigenvalue weighted by Gasteiger charge is 2.53. The number of nitrogens with one attached hydrogen (secondary N) is 1. The van der Waals surface area contributed by atoms with Crippen LogP contribution in [0.4, 0.5) is 19.3 Å². The first-order valence-electron chi connectivity index (χ1n) is 12.2. The van der Waals surface area contributed by atoms with E-state index in [1.165, 1.54) is 12.1 Å². The number of urea groups is 1. The molecule has 2 aromatic carbocycles. The standard InChI is InChI=1S/C27H34F2N4O2/c1-18(2)35-24-10-5-7-21(13-24)17-32-12-11-27(15-20(32)4)25(30-19(3)16-28)31-26(34)33(27)23-9-6-8-22(29)14-23/h5-10,13-14,18-20H,11-12,15-17H2,1-4H3,(H,30,31,34)/t19?,20-,27+/m1/s1. The molecule has 2 aliphatic heterocycles. The van der Waals surface area contributed by atoms with Gasteiger partial charge in [0, 0.05) is 24.8 Å². The van der Waals surface area contributed by atoms with Gasteiger partial charge in [0.25, 0.3) is 0 Å². The number of piperidine rings is 1. The Morgan fingerprint density at radius 1 is 1.20 bits per heavy atom. The summed E-state index contributed by atoms with van der Waals surface area (Å²) in [6.07, 6.45) is 1.28. The summed E-state index contributed by atoms with van der Waals surface area (Å²) in [7, 11) is 0. The number of carbonyl (C=O) groups is 1. The normalized spacial score (nSPS) is 23.6. The minimum absolute atomic E-state index is 0.0908. The molecule has 1 fully saturated rings. The molecule has 188 valence electrons. The molecule has 6 nitrogen and oxygen atoms in total. The molecule has 1 unspecified atom stereocenters. The van der Waals surface area contributed by atoms with E-state index < -0.39 is 30.1 Å². The number of carbonyl (C=O) groups excluding carboxylic acids is 1. The minimum atomic E-state index is -0.785. The van der Waals surface area contributed by atoms with Gasteiger partial charge in [0.1, 0.15) is 29.6 Å². The number of alkyl halides is 1. The second-order valence-corrected chi connectivity index (χ2v) is 9.88. The van der Waals surface area contributed by atoms with Crippen molar-refractivity contribution in [3.63, 3.8) is 0 Å². The van der Waals surface area contributed by atoms with E-state index in [9.17, 15) is 13.6 Å². The van der Waals surface area contributed by atoms with Gasteiger partial charge in [0.2, 0.25) is 0 Å². The number of amidine groups is 1. The molecule has 4 rings (SSSR count). The number of hydrogen-bond acceptors (Lipinski definition) is 4. The van der Waals surface area contributed by atoms with Crippen LogP contribution >= 0.6 is 0 Å². The smallest absolute Gasteiger partial charge is 0.350 e. The third-order valence-corrected chi connectivity index (χ3v) is 6.67. The lowest BCUT2D eigenvalue weighted by Crippen LogP contribution is -2.63. The van der Waals surface area contributed by atoms with Crippen LogP contribution in [0.2, 0.25) is 0 Å². The highest BCUT2D eigenvalue weighted by atomic mass is 19.1. The number of benzene rings is 2. The van der Waals surface area contributed by atoms with Gasteiger partial charge < -0.3 is 10.1 Å². The number of halogens is 2. The summed E-state index contributed by atoms with van der Waals surface area (Å²) in [5.74, 6) is 0.893. The van der Waals surface area contributed by atoms with Crippen molar-refractivity contribution in [1.82, 2.24) is 10.2 Å². The van der Waals surface area contributed by atoms with Crippen LogP contribution in [0, 0.1) is 5.82 Å². The second-order valence-electron chi connectivity index (χ2n) is 9.88. The number of rotatable bonds is 7. The number of aliphatic imine (C=N–C) groups is 1. The van der Waals surface area contributed by atoms with Gasteiger partial charge in [-0.2, -0.15) is 4.99 Å². The Balaban J connectivity index is 1.59. The maximum absolute atomic E-state index is 14.1. The molecule has 1 saturated heterocycles. The quantitative estimate of drug-likeness (QED) is 0.578. The molecule has 0 radical (unpaired) electrons. The van der Waals surface area contributed by atoms with Crippen molar-refractivity contribution in [2.45, 2.75) is 70.8 Å². The molecule has 0 aliphatic carbocycles. The van der Waals surface area contributed by atoms with Crippen molar-refractivity contribution in [2.24, 2.45) is 4.99 Å². The summed E-state index contributed by atoms with van der Waals surface area (Å²) in [4.78, 5) is 21.3. The molecule has 2 aliphatic rings. The molecular formula is C27H34F2N4O2. The van der Waals surface area contributed by atoms with Crippen LogP contribution in [-0.2, 0) is 6.54 Å². The zero-order valence-corrected chi connectivity index (χ0v) is 20.8. The van der Waals surface area contributed by atoms with Crippen LogP contribution < -0.4 is 15.0 Å². The molecule has 1 N–H and O–H groups in total. The Labute approximate surface area is 206 Å². The lowest BCUT2D eigenvalue weighted by atomic mass is 9.80. The Morgan fingerprint density at radius 2 is 1.97 bits per heavy atom. The average molecular weight is 485 g/mol. The highest BCUT2D eigenvalue weighted by molar-refractivity contribution is 6.16. The number of likely N-dealkylation sites (tertiary alicyclic amines) is 1. The lowest BCUT2D eigenvalue weighted by Gasteiger charge is -2.48. The van der Waals surface area contributed by atoms with E-state index >= 15 is 0 Å². The Bertz CT molecular complexity index is 1090. The van der Waals surface area contributed by atoms with Crippen molar-refractivity contribution in [3.05, 3.63) is 59.9 Å². The molecule has 0 aromatic heterocycles. The SMILES string of the molecule is CC(CF)NC1=NC(=O)N(c2cccc(F)c2)[C@]12CCN(Cc1cccc(OC(C)C)c1)[C@H](C)C2. The van der Waals surface area contributed by atoms with Gasteiger partial charge in [-0.3, -0.25) is 9.80 Å². The van der Waals surface area contributed by atoms with Gasteiger partial charge in [-0.25, -0.2) is 13.6 Å². The number of amides is 2. The van der Waals surface area contributed by atoms with E-state index in [4.69, 9.17) is 4.74 Å². The zero-order chi connectivity index (χ0) is 25.2. The number of nitrogens with zero attached hydrogens (tertiary/aromatic N) is 3. The van der Waals surface area contributed by atoms with Gasteiger partial charge in [-0.1, -0.05) is 18.2 Å². The maximum Gasteiger partial charge on any atom is 0.350 e. The molecule has 3 atom stereocenters. The summed E-state index contributed by atoms with van der Waals surface area (Å²) in [5, 5.41) is 3.13. The predicted octanol–water partition coefficient (Wildman–Crippen LogP) is 5.32. The molecular weight excluding hydrogens is 450 g/mol. The highest BCUT2D eigenvalue weighted by Crippen LogP contribution is 2.41. The van der Waals surface area contributed by atoms with E-state index in [1.54, 1.807) is 24.0 Å². The summed E-state index contributed by atoms with van der Waals surface area (Å²) in [6, 6.07) is 13.3. The molecule has 8 heteroatoms. The van der Waals surface area contributed by atoms with Crippen molar-refractivity contribution >= 4 is 17.6 Å². The summed E-state index contributed by atoms with van der Waals surface area (Å²) in [5.41, 5.74) is 0.823. The zero-order valence-electron chi connectivity index (χ0n) is 20.8. The first kappa shape index (κ1) is 25.1. The monoisotopic (exact) mass is 484 g/mol.